The SMILES string of the molecule is N[C@@H]1C[C@H](C(=O)N2CCc3ccccc3[C@@H]2c2ccc(F)cc2)OC[C@@H]1O. The molecule has 1 saturated heterocycles. The minimum absolute atomic E-state index is 0.0587. The molecule has 0 aliphatic carbocycles. The van der Waals surface area contributed by atoms with Gasteiger partial charge in [-0.05, 0) is 35.2 Å². The third-order valence-corrected chi connectivity index (χ3v) is 5.48. The Morgan fingerprint density at radius 2 is 1.93 bits per heavy atom. The molecule has 4 atom stereocenters. The monoisotopic (exact) mass is 370 g/mol. The molecular formula is C21H23FN2O3. The van der Waals surface area contributed by atoms with Crippen molar-refractivity contribution < 1.29 is 19.0 Å². The van der Waals surface area contributed by atoms with Gasteiger partial charge in [0.05, 0.1) is 18.8 Å². The van der Waals surface area contributed by atoms with Crippen molar-refractivity contribution in [3.63, 3.8) is 0 Å². The zero-order chi connectivity index (χ0) is 19.0. The largest absolute Gasteiger partial charge is 0.389 e. The van der Waals surface area contributed by atoms with E-state index in [9.17, 15) is 14.3 Å². The molecule has 0 radical (unpaired) electrons. The van der Waals surface area contributed by atoms with E-state index in [-0.39, 0.29) is 30.8 Å². The van der Waals surface area contributed by atoms with Gasteiger partial charge in [0.1, 0.15) is 11.9 Å². The first kappa shape index (κ1) is 18.1. The highest BCUT2D eigenvalue weighted by atomic mass is 19.1. The minimum Gasteiger partial charge on any atom is -0.389 e. The standard InChI is InChI=1S/C21H23FN2O3/c22-15-7-5-14(6-8-15)20-16-4-2-1-3-13(16)9-10-24(20)21(26)19-11-17(23)18(25)12-27-19/h1-8,17-20,25H,9-12,23H2/t17-,18+,19-,20+/m1/s1. The maximum Gasteiger partial charge on any atom is 0.252 e. The van der Waals surface area contributed by atoms with Crippen LogP contribution in [0.4, 0.5) is 4.39 Å². The number of aliphatic hydroxyl groups is 1. The van der Waals surface area contributed by atoms with Crippen molar-refractivity contribution in [2.24, 2.45) is 5.73 Å². The third-order valence-electron chi connectivity index (χ3n) is 5.48. The average Bonchev–Trinajstić information content (AvgIpc) is 2.69. The number of carbonyl (C=O) groups is 1. The highest BCUT2D eigenvalue weighted by molar-refractivity contribution is 5.82. The van der Waals surface area contributed by atoms with Crippen LogP contribution >= 0.6 is 0 Å². The number of rotatable bonds is 2. The lowest BCUT2D eigenvalue weighted by atomic mass is 9.87. The van der Waals surface area contributed by atoms with Crippen molar-refractivity contribution in [3.8, 4) is 0 Å². The Morgan fingerprint density at radius 3 is 2.67 bits per heavy atom. The Hall–Kier alpha value is -2.28. The number of carbonyl (C=O) groups excluding carboxylic acids is 1. The number of ether oxygens (including phenoxy) is 1. The van der Waals surface area contributed by atoms with E-state index in [2.05, 4.69) is 6.07 Å². The summed E-state index contributed by atoms with van der Waals surface area (Å²) in [6.45, 7) is 0.610. The van der Waals surface area contributed by atoms with Gasteiger partial charge in [0.25, 0.3) is 5.91 Å². The number of amides is 1. The van der Waals surface area contributed by atoms with E-state index in [4.69, 9.17) is 10.5 Å². The Morgan fingerprint density at radius 1 is 1.19 bits per heavy atom. The van der Waals surface area contributed by atoms with E-state index in [1.165, 1.54) is 17.7 Å². The fraction of sp³-hybridized carbons (Fsp3) is 0.381. The lowest BCUT2D eigenvalue weighted by Crippen LogP contribution is -2.53. The summed E-state index contributed by atoms with van der Waals surface area (Å²) < 4.78 is 19.0. The number of fused-ring (bicyclic) bond motifs is 1. The van der Waals surface area contributed by atoms with Crippen LogP contribution in [-0.4, -0.2) is 47.3 Å². The van der Waals surface area contributed by atoms with E-state index in [1.54, 1.807) is 17.0 Å². The molecule has 2 aliphatic rings. The summed E-state index contributed by atoms with van der Waals surface area (Å²) in [5, 5.41) is 9.76. The summed E-state index contributed by atoms with van der Waals surface area (Å²) in [6.07, 6.45) is -0.379. The van der Waals surface area contributed by atoms with E-state index in [0.717, 1.165) is 17.5 Å². The molecule has 6 heteroatoms. The maximum absolute atomic E-state index is 13.4. The predicted octanol–water partition coefficient (Wildman–Crippen LogP) is 1.78. The molecule has 0 aromatic heterocycles. The number of nitrogens with zero attached hydrogens (tertiary/aromatic N) is 1. The zero-order valence-corrected chi connectivity index (χ0v) is 14.9. The number of aliphatic hydroxyl groups excluding tert-OH is 1. The van der Waals surface area contributed by atoms with Gasteiger partial charge < -0.3 is 20.5 Å². The van der Waals surface area contributed by atoms with Crippen LogP contribution in [0.2, 0.25) is 0 Å². The molecule has 1 amide bonds. The van der Waals surface area contributed by atoms with Gasteiger partial charge in [0.15, 0.2) is 0 Å². The molecule has 1 fully saturated rings. The molecule has 0 spiro atoms. The zero-order valence-electron chi connectivity index (χ0n) is 14.9. The number of benzene rings is 2. The molecule has 2 aromatic rings. The third kappa shape index (κ3) is 3.48. The summed E-state index contributed by atoms with van der Waals surface area (Å²) in [7, 11) is 0. The Bertz CT molecular complexity index is 826. The van der Waals surface area contributed by atoms with Crippen molar-refractivity contribution in [2.45, 2.75) is 37.1 Å². The van der Waals surface area contributed by atoms with Crippen LogP contribution in [0, 0.1) is 5.82 Å². The lowest BCUT2D eigenvalue weighted by Gasteiger charge is -2.41. The van der Waals surface area contributed by atoms with Crippen LogP contribution in [-0.2, 0) is 16.0 Å². The molecule has 2 aromatic carbocycles. The van der Waals surface area contributed by atoms with Crippen LogP contribution in [0.25, 0.3) is 0 Å². The Kier molecular flexibility index (Phi) is 4.95. The summed E-state index contributed by atoms with van der Waals surface area (Å²) in [4.78, 5) is 15.1. The summed E-state index contributed by atoms with van der Waals surface area (Å²) in [6, 6.07) is 13.5. The highest BCUT2D eigenvalue weighted by Gasteiger charge is 2.39. The Balaban J connectivity index is 1.68. The van der Waals surface area contributed by atoms with Gasteiger partial charge in [-0.25, -0.2) is 4.39 Å². The van der Waals surface area contributed by atoms with Crippen molar-refractivity contribution >= 4 is 5.91 Å². The number of hydrogen-bond acceptors (Lipinski definition) is 4. The molecule has 142 valence electrons. The van der Waals surface area contributed by atoms with Crippen LogP contribution in [0.1, 0.15) is 29.2 Å². The molecule has 0 bridgehead atoms. The normalized spacial score (nSPS) is 27.9. The molecular weight excluding hydrogens is 347 g/mol. The second kappa shape index (κ2) is 7.38. The fourth-order valence-corrected chi connectivity index (χ4v) is 3.98. The average molecular weight is 370 g/mol. The van der Waals surface area contributed by atoms with E-state index >= 15 is 0 Å². The molecule has 0 unspecified atom stereocenters. The number of hydrogen-bond donors (Lipinski definition) is 2. The van der Waals surface area contributed by atoms with Gasteiger partial charge in [-0.2, -0.15) is 0 Å². The van der Waals surface area contributed by atoms with Gasteiger partial charge >= 0.3 is 0 Å². The second-order valence-corrected chi connectivity index (χ2v) is 7.22. The van der Waals surface area contributed by atoms with Crippen LogP contribution < -0.4 is 5.73 Å². The quantitative estimate of drug-likeness (QED) is 0.845. The molecule has 4 rings (SSSR count). The predicted molar refractivity (Wildman–Crippen MR) is 98.4 cm³/mol. The van der Waals surface area contributed by atoms with Crippen LogP contribution in [0.5, 0.6) is 0 Å². The van der Waals surface area contributed by atoms with Crippen molar-refractivity contribution in [3.05, 3.63) is 71.0 Å². The summed E-state index contributed by atoms with van der Waals surface area (Å²) >= 11 is 0. The maximum atomic E-state index is 13.4. The molecule has 2 aliphatic heterocycles. The highest BCUT2D eigenvalue weighted by Crippen LogP contribution is 2.36. The van der Waals surface area contributed by atoms with Crippen LogP contribution in [0.15, 0.2) is 48.5 Å². The molecule has 27 heavy (non-hydrogen) atoms. The Labute approximate surface area is 157 Å². The van der Waals surface area contributed by atoms with Gasteiger partial charge in [-0.3, -0.25) is 4.79 Å². The fourth-order valence-electron chi connectivity index (χ4n) is 3.98. The topological polar surface area (TPSA) is 75.8 Å². The molecule has 3 N–H and O–H groups in total. The van der Waals surface area contributed by atoms with Crippen molar-refractivity contribution in [2.75, 3.05) is 13.2 Å². The first-order chi connectivity index (χ1) is 13.0. The molecule has 2 heterocycles. The first-order valence-corrected chi connectivity index (χ1v) is 9.23. The second-order valence-electron chi connectivity index (χ2n) is 7.22. The molecule has 0 saturated carbocycles. The molecule has 5 nitrogen and oxygen atoms in total. The van der Waals surface area contributed by atoms with Gasteiger partial charge in [0, 0.05) is 19.0 Å². The van der Waals surface area contributed by atoms with E-state index in [0.29, 0.717) is 6.54 Å². The first-order valence-electron chi connectivity index (χ1n) is 9.23. The van der Waals surface area contributed by atoms with Gasteiger partial charge in [-0.1, -0.05) is 36.4 Å². The summed E-state index contributed by atoms with van der Waals surface area (Å²) in [5.41, 5.74) is 9.02. The van der Waals surface area contributed by atoms with Crippen molar-refractivity contribution in [1.29, 1.82) is 0 Å². The summed E-state index contributed by atoms with van der Waals surface area (Å²) in [5.74, 6) is -0.447. The lowest BCUT2D eigenvalue weighted by molar-refractivity contribution is -0.154. The van der Waals surface area contributed by atoms with E-state index < -0.39 is 18.2 Å². The number of nitrogens with two attached hydrogens (primary N) is 1. The van der Waals surface area contributed by atoms with E-state index in [1.807, 2.05) is 18.2 Å². The minimum atomic E-state index is -0.746. The van der Waals surface area contributed by atoms with Gasteiger partial charge in [-0.15, -0.1) is 0 Å². The number of halogens is 1. The van der Waals surface area contributed by atoms with Gasteiger partial charge in [0.2, 0.25) is 0 Å². The van der Waals surface area contributed by atoms with Crippen LogP contribution in [0.3, 0.4) is 0 Å². The smallest absolute Gasteiger partial charge is 0.252 e. The van der Waals surface area contributed by atoms with Crippen molar-refractivity contribution in [1.82, 2.24) is 4.90 Å².